The molecule has 5 unspecified atom stereocenters. The summed E-state index contributed by atoms with van der Waals surface area (Å²) in [4.78, 5) is 0. The van der Waals surface area contributed by atoms with Gasteiger partial charge in [-0.25, -0.2) is 0 Å². The lowest BCUT2D eigenvalue weighted by Gasteiger charge is -2.45. The van der Waals surface area contributed by atoms with E-state index in [1.54, 1.807) is 0 Å². The van der Waals surface area contributed by atoms with Gasteiger partial charge in [0, 0.05) is 5.56 Å². The standard InChI is InChI=1S/C15H20O3/c1-10-8-16-13-9-17-15(18-14(13)11(10)2)12-6-4-3-5-7-12/h3-7,10-11,13-15H,8-9H2,1-2H3. The minimum absolute atomic E-state index is 0.0937. The van der Waals surface area contributed by atoms with E-state index in [1.807, 2.05) is 30.3 Å². The lowest BCUT2D eigenvalue weighted by atomic mass is 9.85. The predicted molar refractivity (Wildman–Crippen MR) is 68.1 cm³/mol. The van der Waals surface area contributed by atoms with Crippen molar-refractivity contribution in [2.24, 2.45) is 11.8 Å². The highest BCUT2D eigenvalue weighted by Crippen LogP contribution is 2.36. The third-order valence-electron chi connectivity index (χ3n) is 4.12. The van der Waals surface area contributed by atoms with Gasteiger partial charge in [0.25, 0.3) is 0 Å². The van der Waals surface area contributed by atoms with E-state index in [2.05, 4.69) is 13.8 Å². The van der Waals surface area contributed by atoms with E-state index in [-0.39, 0.29) is 18.5 Å². The first kappa shape index (κ1) is 12.2. The third kappa shape index (κ3) is 2.18. The monoisotopic (exact) mass is 248 g/mol. The fourth-order valence-corrected chi connectivity index (χ4v) is 2.69. The maximum atomic E-state index is 6.11. The van der Waals surface area contributed by atoms with E-state index >= 15 is 0 Å². The molecule has 0 amide bonds. The Morgan fingerprint density at radius 3 is 2.56 bits per heavy atom. The predicted octanol–water partition coefficient (Wildman–Crippen LogP) is 2.77. The number of ether oxygens (including phenoxy) is 3. The Balaban J connectivity index is 1.75. The van der Waals surface area contributed by atoms with Crippen molar-refractivity contribution in [3.8, 4) is 0 Å². The van der Waals surface area contributed by atoms with Gasteiger partial charge in [0.1, 0.15) is 6.10 Å². The maximum absolute atomic E-state index is 6.11. The summed E-state index contributed by atoms with van der Waals surface area (Å²) < 4.78 is 17.7. The molecule has 2 heterocycles. The number of rotatable bonds is 1. The Hall–Kier alpha value is -0.900. The molecule has 0 radical (unpaired) electrons. The molecule has 2 saturated heterocycles. The van der Waals surface area contributed by atoms with Crippen LogP contribution in [0.15, 0.2) is 30.3 Å². The van der Waals surface area contributed by atoms with E-state index in [4.69, 9.17) is 14.2 Å². The quantitative estimate of drug-likeness (QED) is 0.765. The average Bonchev–Trinajstić information content (AvgIpc) is 2.44. The summed E-state index contributed by atoms with van der Waals surface area (Å²) in [6.45, 7) is 5.90. The molecule has 1 aromatic rings. The normalized spacial score (nSPS) is 40.2. The first-order valence-electron chi connectivity index (χ1n) is 6.69. The molecular formula is C15H20O3. The van der Waals surface area contributed by atoms with Crippen molar-refractivity contribution in [1.29, 1.82) is 0 Å². The minimum atomic E-state index is -0.246. The lowest BCUT2D eigenvalue weighted by Crippen LogP contribution is -2.51. The second kappa shape index (κ2) is 5.00. The maximum Gasteiger partial charge on any atom is 0.184 e. The molecule has 2 aliphatic heterocycles. The summed E-state index contributed by atoms with van der Waals surface area (Å²) in [5.74, 6) is 1.06. The summed E-state index contributed by atoms with van der Waals surface area (Å²) in [5, 5.41) is 0. The number of fused-ring (bicyclic) bond motifs is 1. The molecule has 0 N–H and O–H groups in total. The first-order valence-corrected chi connectivity index (χ1v) is 6.69. The molecule has 0 saturated carbocycles. The van der Waals surface area contributed by atoms with Crippen LogP contribution in [0.25, 0.3) is 0 Å². The zero-order valence-corrected chi connectivity index (χ0v) is 10.9. The fourth-order valence-electron chi connectivity index (χ4n) is 2.69. The van der Waals surface area contributed by atoms with E-state index < -0.39 is 0 Å². The van der Waals surface area contributed by atoms with Gasteiger partial charge in [0.15, 0.2) is 6.29 Å². The van der Waals surface area contributed by atoms with Crippen LogP contribution in [0.5, 0.6) is 0 Å². The van der Waals surface area contributed by atoms with Crippen molar-refractivity contribution in [2.45, 2.75) is 32.3 Å². The van der Waals surface area contributed by atoms with Crippen LogP contribution in [0.3, 0.4) is 0 Å². The highest BCUT2D eigenvalue weighted by atomic mass is 16.7. The summed E-state index contributed by atoms with van der Waals surface area (Å²) in [5.41, 5.74) is 1.08. The van der Waals surface area contributed by atoms with Crippen molar-refractivity contribution < 1.29 is 14.2 Å². The second-order valence-corrected chi connectivity index (χ2v) is 5.38. The van der Waals surface area contributed by atoms with Gasteiger partial charge < -0.3 is 14.2 Å². The molecule has 3 rings (SSSR count). The van der Waals surface area contributed by atoms with E-state index in [0.717, 1.165) is 12.2 Å². The Bertz CT molecular complexity index is 390. The van der Waals surface area contributed by atoms with Gasteiger partial charge in [0.2, 0.25) is 0 Å². The molecule has 0 spiro atoms. The largest absolute Gasteiger partial charge is 0.373 e. The highest BCUT2D eigenvalue weighted by molar-refractivity contribution is 5.16. The van der Waals surface area contributed by atoms with Gasteiger partial charge in [0.05, 0.1) is 19.3 Å². The van der Waals surface area contributed by atoms with Gasteiger partial charge in [-0.3, -0.25) is 0 Å². The molecule has 0 aliphatic carbocycles. The molecule has 1 aromatic carbocycles. The van der Waals surface area contributed by atoms with E-state index in [9.17, 15) is 0 Å². The summed E-state index contributed by atoms with van der Waals surface area (Å²) in [6.07, 6.45) is -0.00679. The SMILES string of the molecule is CC1COC2COC(c3ccccc3)OC2C1C. The Labute approximate surface area is 108 Å². The van der Waals surface area contributed by atoms with Crippen molar-refractivity contribution in [2.75, 3.05) is 13.2 Å². The zero-order chi connectivity index (χ0) is 12.5. The second-order valence-electron chi connectivity index (χ2n) is 5.38. The van der Waals surface area contributed by atoms with Crippen molar-refractivity contribution in [1.82, 2.24) is 0 Å². The molecular weight excluding hydrogens is 228 g/mol. The summed E-state index contributed by atoms with van der Waals surface area (Å²) in [6, 6.07) is 10.1. The minimum Gasteiger partial charge on any atom is -0.373 e. The number of hydrogen-bond acceptors (Lipinski definition) is 3. The Morgan fingerprint density at radius 2 is 1.78 bits per heavy atom. The molecule has 98 valence electrons. The van der Waals surface area contributed by atoms with E-state index in [1.165, 1.54) is 0 Å². The Kier molecular flexibility index (Phi) is 3.37. The van der Waals surface area contributed by atoms with Crippen LogP contribution in [0.2, 0.25) is 0 Å². The average molecular weight is 248 g/mol. The molecule has 3 heteroatoms. The first-order chi connectivity index (χ1) is 8.75. The highest BCUT2D eigenvalue weighted by Gasteiger charge is 2.41. The summed E-state index contributed by atoms with van der Waals surface area (Å²) in [7, 11) is 0. The van der Waals surface area contributed by atoms with Crippen molar-refractivity contribution in [3.63, 3.8) is 0 Å². The van der Waals surface area contributed by atoms with Crippen LogP contribution in [0, 0.1) is 11.8 Å². The molecule has 2 aliphatic rings. The molecule has 0 aromatic heterocycles. The number of benzene rings is 1. The number of hydrogen-bond donors (Lipinski definition) is 0. The van der Waals surface area contributed by atoms with Crippen molar-refractivity contribution >= 4 is 0 Å². The van der Waals surface area contributed by atoms with Crippen LogP contribution in [-0.2, 0) is 14.2 Å². The fraction of sp³-hybridized carbons (Fsp3) is 0.600. The lowest BCUT2D eigenvalue weighted by molar-refractivity contribution is -0.296. The van der Waals surface area contributed by atoms with Crippen LogP contribution in [-0.4, -0.2) is 25.4 Å². The topological polar surface area (TPSA) is 27.7 Å². The van der Waals surface area contributed by atoms with Crippen LogP contribution in [0.1, 0.15) is 25.7 Å². The van der Waals surface area contributed by atoms with Gasteiger partial charge in [-0.1, -0.05) is 44.2 Å². The van der Waals surface area contributed by atoms with Crippen LogP contribution >= 0.6 is 0 Å². The van der Waals surface area contributed by atoms with Crippen LogP contribution in [0.4, 0.5) is 0 Å². The Morgan fingerprint density at radius 1 is 1.00 bits per heavy atom. The molecule has 3 nitrogen and oxygen atoms in total. The van der Waals surface area contributed by atoms with Gasteiger partial charge in [-0.15, -0.1) is 0 Å². The van der Waals surface area contributed by atoms with Crippen molar-refractivity contribution in [3.05, 3.63) is 35.9 Å². The smallest absolute Gasteiger partial charge is 0.184 e. The molecule has 0 bridgehead atoms. The van der Waals surface area contributed by atoms with Gasteiger partial charge >= 0.3 is 0 Å². The molecule has 2 fully saturated rings. The van der Waals surface area contributed by atoms with Gasteiger partial charge in [-0.05, 0) is 11.8 Å². The molecule has 5 atom stereocenters. The zero-order valence-electron chi connectivity index (χ0n) is 10.9. The third-order valence-corrected chi connectivity index (χ3v) is 4.12. The molecule has 18 heavy (non-hydrogen) atoms. The van der Waals surface area contributed by atoms with Gasteiger partial charge in [-0.2, -0.15) is 0 Å². The van der Waals surface area contributed by atoms with E-state index in [0.29, 0.717) is 18.4 Å². The summed E-state index contributed by atoms with van der Waals surface area (Å²) >= 11 is 0. The van der Waals surface area contributed by atoms with Crippen LogP contribution < -0.4 is 0 Å².